The number of hydrogen-bond acceptors (Lipinski definition) is 5. The second-order valence-electron chi connectivity index (χ2n) is 7.73. The van der Waals surface area contributed by atoms with Crippen molar-refractivity contribution in [2.75, 3.05) is 14.2 Å². The number of pyridine rings is 1. The lowest BCUT2D eigenvalue weighted by Gasteiger charge is -2.15. The van der Waals surface area contributed by atoms with Crippen LogP contribution in [0.25, 0.3) is 28.2 Å². The lowest BCUT2D eigenvalue weighted by molar-refractivity contribution is -0.117. The highest BCUT2D eigenvalue weighted by Gasteiger charge is 2.12. The van der Waals surface area contributed by atoms with Crippen molar-refractivity contribution in [2.45, 2.75) is 13.0 Å². The lowest BCUT2D eigenvalue weighted by atomic mass is 10.0. The second-order valence-corrected chi connectivity index (χ2v) is 7.73. The third-order valence-electron chi connectivity index (χ3n) is 5.57. The fourth-order valence-corrected chi connectivity index (χ4v) is 3.72. The minimum absolute atomic E-state index is 0.220. The molecule has 170 valence electrons. The zero-order valence-electron chi connectivity index (χ0n) is 19.1. The lowest BCUT2D eigenvalue weighted by Crippen LogP contribution is -2.24. The minimum Gasteiger partial charge on any atom is -0.493 e. The van der Waals surface area contributed by atoms with Gasteiger partial charge in [0, 0.05) is 35.0 Å². The van der Waals surface area contributed by atoms with Gasteiger partial charge < -0.3 is 19.8 Å². The van der Waals surface area contributed by atoms with Crippen LogP contribution < -0.4 is 14.8 Å². The molecule has 0 saturated heterocycles. The van der Waals surface area contributed by atoms with Crippen LogP contribution in [0.3, 0.4) is 0 Å². The van der Waals surface area contributed by atoms with Gasteiger partial charge in [0.1, 0.15) is 5.65 Å². The van der Waals surface area contributed by atoms with E-state index in [1.165, 1.54) is 6.08 Å². The summed E-state index contributed by atoms with van der Waals surface area (Å²) < 4.78 is 10.6. The Labute approximate surface area is 197 Å². The van der Waals surface area contributed by atoms with E-state index in [9.17, 15) is 4.79 Å². The SMILES string of the molecule is COc1ccc([C@@H](C)NC(=O)/C=C/c2c[nH]c3ncc(-c4cccc(C#N)c4)cc23)cc1OC. The molecular weight excluding hydrogens is 428 g/mol. The quantitative estimate of drug-likeness (QED) is 0.384. The zero-order chi connectivity index (χ0) is 24.1. The minimum atomic E-state index is -0.222. The summed E-state index contributed by atoms with van der Waals surface area (Å²) in [4.78, 5) is 20.2. The molecule has 34 heavy (non-hydrogen) atoms. The Morgan fingerprint density at radius 1 is 1.12 bits per heavy atom. The van der Waals surface area contributed by atoms with E-state index < -0.39 is 0 Å². The smallest absolute Gasteiger partial charge is 0.244 e. The number of hydrogen-bond donors (Lipinski definition) is 2. The summed E-state index contributed by atoms with van der Waals surface area (Å²) in [5, 5.41) is 13.0. The number of amides is 1. The van der Waals surface area contributed by atoms with E-state index in [1.54, 1.807) is 32.6 Å². The van der Waals surface area contributed by atoms with Gasteiger partial charge in [-0.05, 0) is 54.5 Å². The number of H-pyrrole nitrogens is 1. The number of methoxy groups -OCH3 is 2. The molecule has 0 saturated carbocycles. The summed E-state index contributed by atoms with van der Waals surface area (Å²) in [5.41, 5.74) is 4.86. The monoisotopic (exact) mass is 452 g/mol. The fourth-order valence-electron chi connectivity index (χ4n) is 3.72. The Hall–Kier alpha value is -4.57. The third-order valence-corrected chi connectivity index (χ3v) is 5.57. The first-order valence-corrected chi connectivity index (χ1v) is 10.7. The molecule has 0 spiro atoms. The van der Waals surface area contributed by atoms with E-state index in [4.69, 9.17) is 14.7 Å². The van der Waals surface area contributed by atoms with E-state index in [0.717, 1.165) is 33.3 Å². The van der Waals surface area contributed by atoms with E-state index >= 15 is 0 Å². The molecule has 1 atom stereocenters. The molecule has 0 fully saturated rings. The Morgan fingerprint density at radius 2 is 1.94 bits per heavy atom. The molecule has 2 aromatic heterocycles. The third kappa shape index (κ3) is 4.76. The summed E-state index contributed by atoms with van der Waals surface area (Å²) in [5.74, 6) is 1.03. The van der Waals surface area contributed by atoms with Crippen LogP contribution in [0.5, 0.6) is 11.5 Å². The van der Waals surface area contributed by atoms with E-state index in [2.05, 4.69) is 21.4 Å². The van der Waals surface area contributed by atoms with Gasteiger partial charge in [0.15, 0.2) is 11.5 Å². The first kappa shape index (κ1) is 22.6. The van der Waals surface area contributed by atoms with E-state index in [-0.39, 0.29) is 11.9 Å². The average molecular weight is 453 g/mol. The Balaban J connectivity index is 1.52. The summed E-state index contributed by atoms with van der Waals surface area (Å²) in [6, 6.07) is 16.9. The molecule has 0 aliphatic carbocycles. The van der Waals surface area contributed by atoms with Crippen molar-refractivity contribution in [3.63, 3.8) is 0 Å². The molecule has 1 amide bonds. The Morgan fingerprint density at radius 3 is 2.71 bits per heavy atom. The standard InChI is InChI=1S/C27H24N4O3/c1-17(19-7-9-24(33-2)25(13-19)34-3)31-26(32)10-8-21-15-29-27-23(21)12-22(16-30-27)20-6-4-5-18(11-20)14-28/h4-13,15-17H,1-3H3,(H,29,30)(H,31,32)/b10-8+/t17-/m1/s1. The van der Waals surface area contributed by atoms with Gasteiger partial charge in [0.25, 0.3) is 0 Å². The van der Waals surface area contributed by atoms with Crippen LogP contribution in [-0.4, -0.2) is 30.1 Å². The molecule has 0 unspecified atom stereocenters. The summed E-state index contributed by atoms with van der Waals surface area (Å²) in [6.45, 7) is 1.91. The zero-order valence-corrected chi connectivity index (χ0v) is 19.1. The highest BCUT2D eigenvalue weighted by molar-refractivity contribution is 5.96. The number of aromatic amines is 1. The average Bonchev–Trinajstić information content (AvgIpc) is 3.29. The first-order valence-electron chi connectivity index (χ1n) is 10.7. The van der Waals surface area contributed by atoms with Gasteiger partial charge in [-0.25, -0.2) is 4.98 Å². The van der Waals surface area contributed by atoms with Gasteiger partial charge in [-0.15, -0.1) is 0 Å². The molecule has 2 aromatic carbocycles. The van der Waals surface area contributed by atoms with Crippen LogP contribution in [0.4, 0.5) is 0 Å². The number of benzene rings is 2. The number of rotatable bonds is 7. The summed E-state index contributed by atoms with van der Waals surface area (Å²) >= 11 is 0. The predicted octanol–water partition coefficient (Wildman–Crippen LogP) is 5.01. The van der Waals surface area contributed by atoms with Crippen molar-refractivity contribution in [3.05, 3.63) is 83.7 Å². The molecule has 4 aromatic rings. The van der Waals surface area contributed by atoms with Gasteiger partial charge in [-0.3, -0.25) is 4.79 Å². The highest BCUT2D eigenvalue weighted by atomic mass is 16.5. The van der Waals surface area contributed by atoms with Gasteiger partial charge >= 0.3 is 0 Å². The van der Waals surface area contributed by atoms with Crippen molar-refractivity contribution in [1.82, 2.24) is 15.3 Å². The number of nitriles is 1. The van der Waals surface area contributed by atoms with E-state index in [0.29, 0.717) is 17.1 Å². The maximum Gasteiger partial charge on any atom is 0.244 e. The predicted molar refractivity (Wildman–Crippen MR) is 131 cm³/mol. The number of fused-ring (bicyclic) bond motifs is 1. The van der Waals surface area contributed by atoms with Crippen molar-refractivity contribution in [1.29, 1.82) is 5.26 Å². The van der Waals surface area contributed by atoms with E-state index in [1.807, 2.05) is 55.6 Å². The van der Waals surface area contributed by atoms with Gasteiger partial charge in [0.2, 0.25) is 5.91 Å². The van der Waals surface area contributed by atoms with Crippen molar-refractivity contribution >= 4 is 23.0 Å². The Bertz CT molecular complexity index is 1420. The first-order chi connectivity index (χ1) is 16.5. The van der Waals surface area contributed by atoms with Gasteiger partial charge in [0.05, 0.1) is 31.9 Å². The van der Waals surface area contributed by atoms with Crippen LogP contribution in [0.1, 0.15) is 29.7 Å². The second kappa shape index (κ2) is 9.92. The van der Waals surface area contributed by atoms with Crippen LogP contribution in [0, 0.1) is 11.3 Å². The Kier molecular flexibility index (Phi) is 6.60. The molecule has 0 aliphatic heterocycles. The number of ether oxygens (including phenoxy) is 2. The molecule has 0 radical (unpaired) electrons. The summed E-state index contributed by atoms with van der Waals surface area (Å²) in [7, 11) is 3.16. The van der Waals surface area contributed by atoms with Crippen LogP contribution >= 0.6 is 0 Å². The molecule has 0 bridgehead atoms. The van der Waals surface area contributed by atoms with Crippen LogP contribution in [0.15, 0.2) is 67.0 Å². The molecule has 2 heterocycles. The number of carbonyl (C=O) groups is 1. The maximum atomic E-state index is 12.6. The molecule has 7 heteroatoms. The number of aromatic nitrogens is 2. The van der Waals surface area contributed by atoms with Crippen LogP contribution in [-0.2, 0) is 4.79 Å². The normalized spacial score (nSPS) is 11.8. The molecule has 0 aliphatic rings. The molecule has 7 nitrogen and oxygen atoms in total. The number of carbonyl (C=O) groups excluding carboxylic acids is 1. The van der Waals surface area contributed by atoms with Gasteiger partial charge in [-0.1, -0.05) is 18.2 Å². The molecular formula is C27H24N4O3. The number of nitrogens with one attached hydrogen (secondary N) is 2. The van der Waals surface area contributed by atoms with Crippen molar-refractivity contribution in [3.8, 4) is 28.7 Å². The van der Waals surface area contributed by atoms with Crippen molar-refractivity contribution in [2.24, 2.45) is 0 Å². The fraction of sp³-hybridized carbons (Fsp3) is 0.148. The summed E-state index contributed by atoms with van der Waals surface area (Å²) in [6.07, 6.45) is 6.84. The van der Waals surface area contributed by atoms with Gasteiger partial charge in [-0.2, -0.15) is 5.26 Å². The molecule has 2 N–H and O–H groups in total. The molecule has 4 rings (SSSR count). The van der Waals surface area contributed by atoms with Crippen molar-refractivity contribution < 1.29 is 14.3 Å². The largest absolute Gasteiger partial charge is 0.493 e. The topological polar surface area (TPSA) is 100 Å². The maximum absolute atomic E-state index is 12.6. The number of nitrogens with zero attached hydrogens (tertiary/aromatic N) is 2. The van der Waals surface area contributed by atoms with Crippen LogP contribution in [0.2, 0.25) is 0 Å². The highest BCUT2D eigenvalue weighted by Crippen LogP contribution is 2.30.